The zero-order valence-electron chi connectivity index (χ0n) is 7.99. The topological polar surface area (TPSA) is 71.4 Å². The summed E-state index contributed by atoms with van der Waals surface area (Å²) in [6, 6.07) is 0. The van der Waals surface area contributed by atoms with Gasteiger partial charge in [0.25, 0.3) is 10.1 Å². The summed E-state index contributed by atoms with van der Waals surface area (Å²) in [7, 11) is -4.12. The first-order valence-electron chi connectivity index (χ1n) is 3.51. The van der Waals surface area contributed by atoms with Crippen LogP contribution in [0, 0.1) is 0 Å². The normalized spacial score (nSPS) is 24.8. The fraction of sp³-hybridized carbons (Fsp3) is 0.833. The van der Waals surface area contributed by atoms with E-state index in [9.17, 15) is 13.2 Å². The average molecular weight is 202 g/mol. The van der Waals surface area contributed by atoms with E-state index in [4.69, 9.17) is 4.55 Å². The van der Waals surface area contributed by atoms with Crippen molar-refractivity contribution >= 4 is 15.9 Å². The Hall–Kier alpha value is 0.580. The molecule has 1 unspecified atom stereocenters. The van der Waals surface area contributed by atoms with Crippen molar-refractivity contribution in [1.29, 1.82) is 0 Å². The minimum absolute atomic E-state index is 0. The van der Waals surface area contributed by atoms with Gasteiger partial charge in [0, 0.05) is 6.42 Å². The number of ketones is 1. The van der Waals surface area contributed by atoms with Gasteiger partial charge >= 0.3 is 29.6 Å². The van der Waals surface area contributed by atoms with Crippen LogP contribution in [0.1, 0.15) is 27.1 Å². The van der Waals surface area contributed by atoms with Crippen LogP contribution in [0.4, 0.5) is 0 Å². The summed E-state index contributed by atoms with van der Waals surface area (Å²) in [6.45, 7) is 0. The molecule has 1 aliphatic rings. The van der Waals surface area contributed by atoms with E-state index in [2.05, 4.69) is 0 Å². The number of rotatable bonds is 1. The summed E-state index contributed by atoms with van der Waals surface area (Å²) in [5.41, 5.74) is 0. The van der Waals surface area contributed by atoms with Crippen molar-refractivity contribution in [3.05, 3.63) is 0 Å². The summed E-state index contributed by atoms with van der Waals surface area (Å²) in [5.74, 6) is -0.348. The summed E-state index contributed by atoms with van der Waals surface area (Å²) in [5, 5.41) is -1.14. The Balaban J connectivity index is 0. The summed E-state index contributed by atoms with van der Waals surface area (Å²) in [6.07, 6.45) is 2.00. The molecule has 0 aliphatic heterocycles. The van der Waals surface area contributed by atoms with Crippen LogP contribution in [0.2, 0.25) is 0 Å². The zero-order valence-corrected chi connectivity index (χ0v) is 9.80. The van der Waals surface area contributed by atoms with Gasteiger partial charge in [0.15, 0.2) is 5.78 Å². The molecule has 0 aromatic rings. The Morgan fingerprint density at radius 2 is 2.00 bits per heavy atom. The van der Waals surface area contributed by atoms with E-state index in [1.165, 1.54) is 0 Å². The van der Waals surface area contributed by atoms with Crippen molar-refractivity contribution in [2.45, 2.75) is 30.9 Å². The van der Waals surface area contributed by atoms with Crippen LogP contribution in [0.25, 0.3) is 0 Å². The Morgan fingerprint density at radius 3 is 2.33 bits per heavy atom. The molecule has 0 amide bonds. The predicted molar refractivity (Wildman–Crippen MR) is 39.9 cm³/mol. The summed E-state index contributed by atoms with van der Waals surface area (Å²) in [4.78, 5) is 10.9. The number of Topliss-reactive ketones (excluding diaryl/α,β-unsaturated/α-hetero) is 1. The first kappa shape index (κ1) is 12.6. The number of carbonyl (C=O) groups is 1. The van der Waals surface area contributed by atoms with Gasteiger partial charge in [-0.25, -0.2) is 0 Å². The average Bonchev–Trinajstić information content (AvgIpc) is 1.86. The van der Waals surface area contributed by atoms with Crippen LogP contribution in [-0.4, -0.2) is 24.0 Å². The maximum absolute atomic E-state index is 10.9. The molecule has 1 rings (SSSR count). The molecule has 0 radical (unpaired) electrons. The molecular formula is C6H11NaO4S. The van der Waals surface area contributed by atoms with Crippen LogP contribution in [-0.2, 0) is 14.9 Å². The Morgan fingerprint density at radius 1 is 1.42 bits per heavy atom. The fourth-order valence-electron chi connectivity index (χ4n) is 1.27. The molecule has 0 aromatic carbocycles. The van der Waals surface area contributed by atoms with Gasteiger partial charge in [0.05, 0.1) is 0 Å². The molecule has 0 aromatic heterocycles. The minimum Gasteiger partial charge on any atom is -1.00 e. The smallest absolute Gasteiger partial charge is 1.00 e. The van der Waals surface area contributed by atoms with E-state index in [0.29, 0.717) is 6.42 Å². The third kappa shape index (κ3) is 3.14. The van der Waals surface area contributed by atoms with Gasteiger partial charge in [0.2, 0.25) is 0 Å². The maximum atomic E-state index is 10.9. The monoisotopic (exact) mass is 202 g/mol. The molecule has 1 N–H and O–H groups in total. The molecule has 1 atom stereocenters. The number of hydrogen-bond acceptors (Lipinski definition) is 3. The quantitative estimate of drug-likeness (QED) is 0.377. The second-order valence-electron chi connectivity index (χ2n) is 2.72. The molecule has 1 fully saturated rings. The predicted octanol–water partition coefficient (Wildman–Crippen LogP) is -2.50. The van der Waals surface area contributed by atoms with Gasteiger partial charge in [-0.15, -0.1) is 0 Å². The molecule has 0 bridgehead atoms. The third-order valence-corrected chi connectivity index (χ3v) is 3.08. The summed E-state index contributed by atoms with van der Waals surface area (Å²) >= 11 is 0. The fourth-order valence-corrected chi connectivity index (χ4v) is 2.18. The van der Waals surface area contributed by atoms with Crippen LogP contribution in [0.15, 0.2) is 0 Å². The van der Waals surface area contributed by atoms with Crippen molar-refractivity contribution in [2.24, 2.45) is 0 Å². The zero-order chi connectivity index (χ0) is 8.48. The van der Waals surface area contributed by atoms with E-state index in [0.717, 1.165) is 6.42 Å². The molecule has 4 nitrogen and oxygen atoms in total. The maximum Gasteiger partial charge on any atom is 1.00 e. The molecule has 1 aliphatic carbocycles. The van der Waals surface area contributed by atoms with Crippen LogP contribution < -0.4 is 29.6 Å². The summed E-state index contributed by atoms with van der Waals surface area (Å²) < 4.78 is 29.6. The minimum atomic E-state index is -4.12. The van der Waals surface area contributed by atoms with E-state index < -0.39 is 15.4 Å². The SMILES string of the molecule is O=C1CCCCC1S(=O)(=O)O.[H-].[Na+]. The Kier molecular flexibility index (Phi) is 4.94. The van der Waals surface area contributed by atoms with Crippen molar-refractivity contribution < 1.29 is 48.7 Å². The molecule has 1 saturated carbocycles. The van der Waals surface area contributed by atoms with Crippen LogP contribution in [0.3, 0.4) is 0 Å². The first-order valence-corrected chi connectivity index (χ1v) is 5.01. The van der Waals surface area contributed by atoms with Gasteiger partial charge in [0.1, 0.15) is 5.25 Å². The van der Waals surface area contributed by atoms with E-state index >= 15 is 0 Å². The van der Waals surface area contributed by atoms with Gasteiger partial charge in [-0.05, 0) is 12.8 Å². The van der Waals surface area contributed by atoms with Crippen molar-refractivity contribution in [2.75, 3.05) is 0 Å². The van der Waals surface area contributed by atoms with E-state index in [-0.39, 0.29) is 49.6 Å². The Bertz CT molecular complexity index is 264. The van der Waals surface area contributed by atoms with Crippen molar-refractivity contribution in [3.8, 4) is 0 Å². The second kappa shape index (κ2) is 4.72. The standard InChI is InChI=1S/C6H10O4S.Na.H/c7-5-3-1-2-4-6(5)11(8,9)10;;/h6H,1-4H2,(H,8,9,10);;/q;+1;-1. The molecule has 6 heteroatoms. The second-order valence-corrected chi connectivity index (χ2v) is 4.31. The molecular weight excluding hydrogens is 191 g/mol. The van der Waals surface area contributed by atoms with Crippen LogP contribution in [0.5, 0.6) is 0 Å². The molecule has 0 heterocycles. The van der Waals surface area contributed by atoms with Crippen molar-refractivity contribution in [1.82, 2.24) is 0 Å². The molecule has 12 heavy (non-hydrogen) atoms. The van der Waals surface area contributed by atoms with Crippen LogP contribution >= 0.6 is 0 Å². The Labute approximate surface area is 95.2 Å². The van der Waals surface area contributed by atoms with Crippen molar-refractivity contribution in [3.63, 3.8) is 0 Å². The van der Waals surface area contributed by atoms with Gasteiger partial charge in [-0.3, -0.25) is 9.35 Å². The molecule has 66 valence electrons. The molecule has 0 saturated heterocycles. The number of hydrogen-bond donors (Lipinski definition) is 1. The molecule has 0 spiro atoms. The third-order valence-electron chi connectivity index (χ3n) is 1.86. The van der Waals surface area contributed by atoms with E-state index in [1.807, 2.05) is 0 Å². The van der Waals surface area contributed by atoms with E-state index in [1.54, 1.807) is 0 Å². The largest absolute Gasteiger partial charge is 1.00 e. The number of carbonyl (C=O) groups excluding carboxylic acids is 1. The van der Waals surface area contributed by atoms with Gasteiger partial charge < -0.3 is 1.43 Å². The van der Waals surface area contributed by atoms with Gasteiger partial charge in [-0.2, -0.15) is 8.42 Å². The first-order chi connectivity index (χ1) is 5.02. The van der Waals surface area contributed by atoms with Gasteiger partial charge in [-0.1, -0.05) is 6.42 Å².